The molecule has 31 heavy (non-hydrogen) atoms. The average molecular weight is 448 g/mol. The van der Waals surface area contributed by atoms with Gasteiger partial charge in [-0.15, -0.1) is 0 Å². The van der Waals surface area contributed by atoms with Crippen LogP contribution >= 0.6 is 0 Å². The fourth-order valence-corrected chi connectivity index (χ4v) is 4.17. The number of carbonyl (C=O) groups excluding carboxylic acids is 2. The van der Waals surface area contributed by atoms with Gasteiger partial charge in [-0.2, -0.15) is 4.72 Å². The van der Waals surface area contributed by atoms with E-state index in [2.05, 4.69) is 10.0 Å². The average Bonchev–Trinajstić information content (AvgIpc) is 3.22. The lowest BCUT2D eigenvalue weighted by atomic mass is 10.1. The number of hydrogen-bond acceptors (Lipinski definition) is 7. The van der Waals surface area contributed by atoms with Gasteiger partial charge in [0.2, 0.25) is 16.8 Å². The molecule has 3 rings (SSSR count). The van der Waals surface area contributed by atoms with Crippen molar-refractivity contribution < 1.29 is 32.2 Å². The van der Waals surface area contributed by atoms with Gasteiger partial charge in [-0.05, 0) is 35.7 Å². The highest BCUT2D eigenvalue weighted by Gasteiger charge is 2.30. The zero-order valence-electron chi connectivity index (χ0n) is 17.2. The van der Waals surface area contributed by atoms with Crippen LogP contribution in [0.15, 0.2) is 53.4 Å². The summed E-state index contributed by atoms with van der Waals surface area (Å²) in [6, 6.07) is 11.9. The number of sulfonamides is 1. The topological polar surface area (TPSA) is 120 Å². The van der Waals surface area contributed by atoms with Gasteiger partial charge in [0, 0.05) is 6.54 Å². The summed E-state index contributed by atoms with van der Waals surface area (Å²) in [5, 5.41) is 2.64. The number of ether oxygens (including phenoxy) is 3. The highest BCUT2D eigenvalue weighted by Crippen LogP contribution is 2.32. The van der Waals surface area contributed by atoms with E-state index < -0.39 is 34.5 Å². The summed E-state index contributed by atoms with van der Waals surface area (Å²) in [5.74, 6) is -0.486. The summed E-state index contributed by atoms with van der Waals surface area (Å²) in [5.41, 5.74) is 0.791. The number of benzene rings is 2. The number of hydrogen-bond donors (Lipinski definition) is 2. The molecule has 1 aliphatic rings. The van der Waals surface area contributed by atoms with Crippen LogP contribution in [0.4, 0.5) is 0 Å². The van der Waals surface area contributed by atoms with Crippen LogP contribution in [0.5, 0.6) is 11.5 Å². The molecular weight excluding hydrogens is 424 g/mol. The summed E-state index contributed by atoms with van der Waals surface area (Å²) in [6.45, 7) is 3.20. The first-order valence-corrected chi connectivity index (χ1v) is 11.1. The van der Waals surface area contributed by atoms with E-state index in [4.69, 9.17) is 14.2 Å². The molecule has 1 atom stereocenters. The molecule has 1 amide bonds. The summed E-state index contributed by atoms with van der Waals surface area (Å²) in [7, 11) is -3.91. The Morgan fingerprint density at radius 3 is 2.48 bits per heavy atom. The van der Waals surface area contributed by atoms with Gasteiger partial charge < -0.3 is 19.5 Å². The predicted octanol–water partition coefficient (Wildman–Crippen LogP) is 1.58. The molecule has 1 unspecified atom stereocenters. The summed E-state index contributed by atoms with van der Waals surface area (Å²) in [6.07, 6.45) is 0. The Bertz CT molecular complexity index is 1040. The molecule has 2 aromatic carbocycles. The smallest absolute Gasteiger partial charge is 0.324 e. The lowest BCUT2D eigenvalue weighted by Crippen LogP contribution is -2.46. The zero-order chi connectivity index (χ0) is 22.4. The molecule has 0 radical (unpaired) electrons. The summed E-state index contributed by atoms with van der Waals surface area (Å²) in [4.78, 5) is 24.5. The normalized spacial score (nSPS) is 13.6. The van der Waals surface area contributed by atoms with Gasteiger partial charge >= 0.3 is 5.97 Å². The lowest BCUT2D eigenvalue weighted by molar-refractivity contribution is -0.151. The van der Waals surface area contributed by atoms with E-state index in [-0.39, 0.29) is 24.2 Å². The van der Waals surface area contributed by atoms with E-state index in [0.29, 0.717) is 11.5 Å². The minimum atomic E-state index is -3.91. The van der Waals surface area contributed by atoms with Crippen LogP contribution in [0.25, 0.3) is 0 Å². The first-order valence-electron chi connectivity index (χ1n) is 9.65. The molecule has 0 aliphatic carbocycles. The second-order valence-corrected chi connectivity index (χ2v) is 8.94. The maximum atomic E-state index is 12.5. The number of nitrogens with one attached hydrogen (secondary N) is 2. The molecule has 0 saturated carbocycles. The maximum absolute atomic E-state index is 12.5. The Morgan fingerprint density at radius 2 is 1.77 bits per heavy atom. The van der Waals surface area contributed by atoms with E-state index in [1.165, 1.54) is 12.1 Å². The molecule has 9 nitrogen and oxygen atoms in total. The molecule has 0 saturated heterocycles. The van der Waals surface area contributed by atoms with Crippen LogP contribution in [0.3, 0.4) is 0 Å². The molecule has 0 fully saturated rings. The third-order valence-electron chi connectivity index (χ3n) is 4.53. The lowest BCUT2D eigenvalue weighted by Gasteiger charge is -2.20. The Balaban J connectivity index is 1.52. The molecule has 166 valence electrons. The Labute approximate surface area is 180 Å². The van der Waals surface area contributed by atoms with Crippen LogP contribution in [-0.4, -0.2) is 39.7 Å². The molecule has 1 heterocycles. The number of rotatable bonds is 9. The molecule has 10 heteroatoms. The van der Waals surface area contributed by atoms with Crippen molar-refractivity contribution in [2.24, 2.45) is 5.92 Å². The fraction of sp³-hybridized carbons (Fsp3) is 0.333. The quantitative estimate of drug-likeness (QED) is 0.559. The molecule has 0 aromatic heterocycles. The first kappa shape index (κ1) is 22.6. The van der Waals surface area contributed by atoms with Gasteiger partial charge in [0.1, 0.15) is 6.04 Å². The highest BCUT2D eigenvalue weighted by atomic mass is 32.2. The number of carbonyl (C=O) groups is 2. The minimum absolute atomic E-state index is 0.0370. The van der Waals surface area contributed by atoms with Crippen LogP contribution < -0.4 is 19.5 Å². The number of esters is 1. The van der Waals surface area contributed by atoms with Crippen molar-refractivity contribution in [1.29, 1.82) is 0 Å². The van der Waals surface area contributed by atoms with Gasteiger partial charge in [-0.1, -0.05) is 38.1 Å². The summed E-state index contributed by atoms with van der Waals surface area (Å²) < 4.78 is 42.9. The van der Waals surface area contributed by atoms with E-state index in [1.807, 2.05) is 0 Å². The van der Waals surface area contributed by atoms with E-state index in [0.717, 1.165) is 5.56 Å². The fourth-order valence-electron chi connectivity index (χ4n) is 2.82. The zero-order valence-corrected chi connectivity index (χ0v) is 18.0. The molecular formula is C21H24N2O7S. The third kappa shape index (κ3) is 5.96. The molecule has 1 aliphatic heterocycles. The standard InChI is InChI=1S/C21H24N2O7S/c1-14(2)20(23-31(26,27)16-6-4-3-5-7-16)21(25)28-12-19(24)22-11-15-8-9-17-18(10-15)30-13-29-17/h3-10,14,20,23H,11-13H2,1-2H3,(H,22,24). The van der Waals surface area contributed by atoms with Gasteiger partial charge in [0.25, 0.3) is 5.91 Å². The van der Waals surface area contributed by atoms with Gasteiger partial charge in [-0.25, -0.2) is 8.42 Å². The molecule has 0 bridgehead atoms. The van der Waals surface area contributed by atoms with Crippen molar-refractivity contribution in [1.82, 2.24) is 10.0 Å². The van der Waals surface area contributed by atoms with Crippen molar-refractivity contribution in [2.45, 2.75) is 31.3 Å². The number of fused-ring (bicyclic) bond motifs is 1. The second-order valence-electron chi connectivity index (χ2n) is 7.23. The van der Waals surface area contributed by atoms with Gasteiger partial charge in [0.05, 0.1) is 4.90 Å². The van der Waals surface area contributed by atoms with Crippen molar-refractivity contribution in [2.75, 3.05) is 13.4 Å². The largest absolute Gasteiger partial charge is 0.454 e. The Hall–Kier alpha value is -3.11. The third-order valence-corrected chi connectivity index (χ3v) is 5.99. The SMILES string of the molecule is CC(C)C(NS(=O)(=O)c1ccccc1)C(=O)OCC(=O)NCc1ccc2c(c1)OCO2. The van der Waals surface area contributed by atoms with Crippen LogP contribution in [0.1, 0.15) is 19.4 Å². The van der Waals surface area contributed by atoms with Crippen molar-refractivity contribution in [3.05, 3.63) is 54.1 Å². The van der Waals surface area contributed by atoms with Crippen molar-refractivity contribution in [3.8, 4) is 11.5 Å². The van der Waals surface area contributed by atoms with Crippen LogP contribution in [0.2, 0.25) is 0 Å². The predicted molar refractivity (Wildman–Crippen MR) is 111 cm³/mol. The van der Waals surface area contributed by atoms with Crippen LogP contribution in [0, 0.1) is 5.92 Å². The summed E-state index contributed by atoms with van der Waals surface area (Å²) >= 11 is 0. The number of amides is 1. The van der Waals surface area contributed by atoms with Gasteiger partial charge in [-0.3, -0.25) is 9.59 Å². The minimum Gasteiger partial charge on any atom is -0.454 e. The van der Waals surface area contributed by atoms with Gasteiger partial charge in [0.15, 0.2) is 18.1 Å². The van der Waals surface area contributed by atoms with Crippen molar-refractivity contribution >= 4 is 21.9 Å². The van der Waals surface area contributed by atoms with E-state index in [1.54, 1.807) is 50.2 Å². The highest BCUT2D eigenvalue weighted by molar-refractivity contribution is 7.89. The Kier molecular flexibility index (Phi) is 7.13. The Morgan fingerprint density at radius 1 is 1.06 bits per heavy atom. The monoisotopic (exact) mass is 448 g/mol. The van der Waals surface area contributed by atoms with Crippen molar-refractivity contribution in [3.63, 3.8) is 0 Å². The maximum Gasteiger partial charge on any atom is 0.324 e. The molecule has 2 aromatic rings. The molecule has 0 spiro atoms. The second kappa shape index (κ2) is 9.80. The molecule has 2 N–H and O–H groups in total. The van der Waals surface area contributed by atoms with E-state index in [9.17, 15) is 18.0 Å². The van der Waals surface area contributed by atoms with Crippen LogP contribution in [-0.2, 0) is 30.9 Å². The first-order chi connectivity index (χ1) is 14.8. The van der Waals surface area contributed by atoms with E-state index >= 15 is 0 Å².